The first-order chi connectivity index (χ1) is 12.1. The fraction of sp³-hybridized carbons (Fsp3) is 0.118. The van der Waals surface area contributed by atoms with Gasteiger partial charge in [0, 0.05) is 22.7 Å². The van der Waals surface area contributed by atoms with Gasteiger partial charge in [0.15, 0.2) is 5.16 Å². The van der Waals surface area contributed by atoms with Gasteiger partial charge in [0.05, 0.1) is 12.4 Å². The van der Waals surface area contributed by atoms with Crippen molar-refractivity contribution < 1.29 is 4.79 Å². The number of imidazole rings is 1. The lowest BCUT2D eigenvalue weighted by Gasteiger charge is -2.05. The predicted octanol–water partition coefficient (Wildman–Crippen LogP) is 4.19. The van der Waals surface area contributed by atoms with Crippen molar-refractivity contribution >= 4 is 46.8 Å². The van der Waals surface area contributed by atoms with Crippen molar-refractivity contribution in [2.45, 2.75) is 10.9 Å². The fourth-order valence-corrected chi connectivity index (χ4v) is 3.66. The minimum Gasteiger partial charge on any atom is -0.318 e. The molecule has 0 saturated heterocycles. The van der Waals surface area contributed by atoms with Crippen LogP contribution in [0.1, 0.15) is 20.9 Å². The van der Waals surface area contributed by atoms with Crippen LogP contribution in [0.4, 0.5) is 0 Å². The van der Waals surface area contributed by atoms with E-state index >= 15 is 0 Å². The third-order valence-electron chi connectivity index (χ3n) is 3.36. The fourth-order valence-electron chi connectivity index (χ4n) is 2.04. The van der Waals surface area contributed by atoms with Crippen LogP contribution in [0.25, 0.3) is 0 Å². The summed E-state index contributed by atoms with van der Waals surface area (Å²) in [6.07, 6.45) is 3.18. The number of rotatable bonds is 6. The van der Waals surface area contributed by atoms with E-state index in [4.69, 9.17) is 11.6 Å². The molecule has 128 valence electrons. The molecule has 2 heterocycles. The van der Waals surface area contributed by atoms with Gasteiger partial charge in [-0.2, -0.15) is 5.10 Å². The molecule has 0 aliphatic rings. The second-order valence-corrected chi connectivity index (χ2v) is 7.47. The topological polar surface area (TPSA) is 59.3 Å². The Morgan fingerprint density at radius 2 is 2.20 bits per heavy atom. The molecule has 1 N–H and O–H groups in total. The summed E-state index contributed by atoms with van der Waals surface area (Å²) in [5.74, 6) is 0.459. The van der Waals surface area contributed by atoms with Crippen molar-refractivity contribution in [2.24, 2.45) is 12.1 Å². The number of nitrogens with zero attached hydrogens (tertiary/aromatic N) is 3. The van der Waals surface area contributed by atoms with Gasteiger partial charge in [0.1, 0.15) is 5.69 Å². The van der Waals surface area contributed by atoms with Crippen LogP contribution < -0.4 is 5.43 Å². The molecule has 0 saturated carbocycles. The first-order valence-corrected chi connectivity index (χ1v) is 9.63. The lowest BCUT2D eigenvalue weighted by molar-refractivity contribution is 0.0946. The Bertz CT molecular complexity index is 873. The van der Waals surface area contributed by atoms with E-state index in [9.17, 15) is 4.79 Å². The van der Waals surface area contributed by atoms with Crippen LogP contribution in [0.15, 0.2) is 58.2 Å². The van der Waals surface area contributed by atoms with Gasteiger partial charge in [-0.05, 0) is 29.1 Å². The van der Waals surface area contributed by atoms with Crippen LogP contribution in [-0.4, -0.2) is 21.7 Å². The third kappa shape index (κ3) is 4.72. The average molecular weight is 391 g/mol. The molecule has 3 rings (SSSR count). The number of carbonyl (C=O) groups excluding carboxylic acids is 1. The van der Waals surface area contributed by atoms with Crippen LogP contribution in [0, 0.1) is 0 Å². The molecular weight excluding hydrogens is 376 g/mol. The Kier molecular flexibility index (Phi) is 5.91. The number of benzene rings is 1. The summed E-state index contributed by atoms with van der Waals surface area (Å²) in [6, 6.07) is 11.5. The van der Waals surface area contributed by atoms with Crippen molar-refractivity contribution in [3.05, 3.63) is 69.1 Å². The maximum Gasteiger partial charge on any atom is 0.289 e. The first kappa shape index (κ1) is 17.7. The number of carbonyl (C=O) groups is 1. The first-order valence-electron chi connectivity index (χ1n) is 7.39. The number of aromatic nitrogens is 2. The summed E-state index contributed by atoms with van der Waals surface area (Å²) in [6.45, 7) is 0. The quantitative estimate of drug-likeness (QED) is 0.390. The highest BCUT2D eigenvalue weighted by Gasteiger charge is 2.13. The molecule has 3 aromatic rings. The zero-order valence-electron chi connectivity index (χ0n) is 13.3. The Labute approximate surface area is 158 Å². The number of nitrogens with one attached hydrogen (secondary N) is 1. The Morgan fingerprint density at radius 1 is 1.40 bits per heavy atom. The van der Waals surface area contributed by atoms with E-state index < -0.39 is 0 Å². The zero-order valence-corrected chi connectivity index (χ0v) is 15.7. The second-order valence-electron chi connectivity index (χ2n) is 5.11. The average Bonchev–Trinajstić information content (AvgIpc) is 3.24. The molecule has 1 aromatic carbocycles. The molecule has 0 fully saturated rings. The lowest BCUT2D eigenvalue weighted by Crippen LogP contribution is -2.20. The van der Waals surface area contributed by atoms with Gasteiger partial charge in [-0.15, -0.1) is 11.3 Å². The van der Waals surface area contributed by atoms with Crippen LogP contribution in [0.3, 0.4) is 0 Å². The van der Waals surface area contributed by atoms with Gasteiger partial charge >= 0.3 is 0 Å². The number of hydrazone groups is 1. The highest BCUT2D eigenvalue weighted by atomic mass is 35.5. The molecule has 0 aliphatic carbocycles. The highest BCUT2D eigenvalue weighted by molar-refractivity contribution is 7.98. The van der Waals surface area contributed by atoms with E-state index in [1.54, 1.807) is 40.1 Å². The van der Waals surface area contributed by atoms with Crippen molar-refractivity contribution in [1.29, 1.82) is 0 Å². The van der Waals surface area contributed by atoms with Crippen molar-refractivity contribution in [3.63, 3.8) is 0 Å². The van der Waals surface area contributed by atoms with E-state index in [1.165, 1.54) is 0 Å². The van der Waals surface area contributed by atoms with E-state index in [1.807, 2.05) is 48.8 Å². The maximum absolute atomic E-state index is 12.2. The predicted molar refractivity (Wildman–Crippen MR) is 104 cm³/mol. The normalized spacial score (nSPS) is 11.1. The molecule has 5 nitrogen and oxygen atoms in total. The highest BCUT2D eigenvalue weighted by Crippen LogP contribution is 2.23. The van der Waals surface area contributed by atoms with Gasteiger partial charge < -0.3 is 4.57 Å². The number of hydrogen-bond acceptors (Lipinski definition) is 5. The lowest BCUT2D eigenvalue weighted by atomic mass is 10.2. The number of halogens is 1. The van der Waals surface area contributed by atoms with E-state index in [2.05, 4.69) is 15.5 Å². The number of thiophene rings is 1. The van der Waals surface area contributed by atoms with Gasteiger partial charge in [-0.1, -0.05) is 41.6 Å². The summed E-state index contributed by atoms with van der Waals surface area (Å²) in [4.78, 5) is 17.5. The minimum absolute atomic E-state index is 0.291. The summed E-state index contributed by atoms with van der Waals surface area (Å²) < 4.78 is 1.76. The molecule has 0 radical (unpaired) electrons. The third-order valence-corrected chi connectivity index (χ3v) is 5.53. The monoisotopic (exact) mass is 390 g/mol. The van der Waals surface area contributed by atoms with E-state index in [0.29, 0.717) is 10.7 Å². The van der Waals surface area contributed by atoms with Crippen LogP contribution in [-0.2, 0) is 12.8 Å². The zero-order chi connectivity index (χ0) is 17.6. The molecule has 0 unspecified atom stereocenters. The summed E-state index contributed by atoms with van der Waals surface area (Å²) in [7, 11) is 1.81. The number of hydrogen-bond donors (Lipinski definition) is 1. The van der Waals surface area contributed by atoms with Gasteiger partial charge in [0.25, 0.3) is 5.91 Å². The summed E-state index contributed by atoms with van der Waals surface area (Å²) in [5, 5.41) is 7.40. The molecule has 8 heteroatoms. The molecular formula is C17H15ClN4OS2. The number of thioether (sulfide) groups is 1. The van der Waals surface area contributed by atoms with Crippen LogP contribution >= 0.6 is 34.7 Å². The molecule has 1 amide bonds. The Balaban J connectivity index is 1.60. The van der Waals surface area contributed by atoms with Crippen molar-refractivity contribution in [3.8, 4) is 0 Å². The molecule has 2 aromatic heterocycles. The Morgan fingerprint density at radius 3 is 2.92 bits per heavy atom. The largest absolute Gasteiger partial charge is 0.318 e. The molecule has 0 spiro atoms. The molecule has 25 heavy (non-hydrogen) atoms. The summed E-state index contributed by atoms with van der Waals surface area (Å²) >= 11 is 9.00. The molecule has 0 bridgehead atoms. The van der Waals surface area contributed by atoms with E-state index in [-0.39, 0.29) is 5.91 Å². The molecule has 0 atom stereocenters. The van der Waals surface area contributed by atoms with Gasteiger partial charge in [0.2, 0.25) is 0 Å². The van der Waals surface area contributed by atoms with Crippen molar-refractivity contribution in [1.82, 2.24) is 15.0 Å². The van der Waals surface area contributed by atoms with Crippen molar-refractivity contribution in [2.75, 3.05) is 0 Å². The van der Waals surface area contributed by atoms with E-state index in [0.717, 1.165) is 21.3 Å². The van der Waals surface area contributed by atoms with Gasteiger partial charge in [-0.25, -0.2) is 10.4 Å². The standard InChI is InChI=1S/C17H15ClN4OS2/c1-22-15(16(23)21-20-9-14-3-2-8-24-14)10-19-17(22)25-11-12-4-6-13(18)7-5-12/h2-10H,11H2,1H3,(H,21,23)/b20-9+. The molecule has 0 aliphatic heterocycles. The minimum atomic E-state index is -0.291. The maximum atomic E-state index is 12.2. The number of amides is 1. The SMILES string of the molecule is Cn1c(C(=O)N/N=C/c2cccs2)cnc1SCc1ccc(Cl)cc1. The Hall–Kier alpha value is -2.09. The van der Waals surface area contributed by atoms with Gasteiger partial charge in [-0.3, -0.25) is 4.79 Å². The second kappa shape index (κ2) is 8.33. The van der Waals surface area contributed by atoms with Crippen LogP contribution in [0.5, 0.6) is 0 Å². The summed E-state index contributed by atoms with van der Waals surface area (Å²) in [5.41, 5.74) is 4.13. The van der Waals surface area contributed by atoms with Crippen LogP contribution in [0.2, 0.25) is 5.02 Å². The smallest absolute Gasteiger partial charge is 0.289 e.